The average molecular weight is 491 g/mol. The molecule has 12 nitrogen and oxygen atoms in total. The topological polar surface area (TPSA) is 135 Å². The van der Waals surface area contributed by atoms with Crippen LogP contribution in [0, 0.1) is 0 Å². The summed E-state index contributed by atoms with van der Waals surface area (Å²) in [6, 6.07) is 7.65. The van der Waals surface area contributed by atoms with Gasteiger partial charge in [0.15, 0.2) is 17.0 Å². The number of fused-ring (bicyclic) bond motifs is 2. The number of aliphatic hydroxyl groups is 1. The van der Waals surface area contributed by atoms with Crippen molar-refractivity contribution in [3.05, 3.63) is 41.5 Å². The first kappa shape index (κ1) is 22.4. The van der Waals surface area contributed by atoms with Crippen LogP contribution in [0.1, 0.15) is 24.7 Å². The Morgan fingerprint density at radius 1 is 1.11 bits per heavy atom. The van der Waals surface area contributed by atoms with Crippen molar-refractivity contribution in [3.8, 4) is 5.95 Å². The molecule has 2 N–H and O–H groups in total. The molecule has 0 unspecified atom stereocenters. The molecule has 1 aromatic carbocycles. The molecular weight excluding hydrogens is 464 g/mol. The maximum Gasteiger partial charge on any atom is 0.407 e. The fraction of sp³-hybridized carbons (Fsp3) is 0.375. The highest BCUT2D eigenvalue weighted by atomic mass is 16.5. The molecule has 3 aromatic heterocycles. The first-order chi connectivity index (χ1) is 17.4. The number of rotatable bonds is 4. The third kappa shape index (κ3) is 3.65. The van der Waals surface area contributed by atoms with E-state index in [4.69, 9.17) is 24.8 Å². The molecule has 2 fully saturated rings. The van der Waals surface area contributed by atoms with E-state index in [0.29, 0.717) is 74.0 Å². The number of amides is 1. The summed E-state index contributed by atoms with van der Waals surface area (Å²) < 4.78 is 9.24. The maximum atomic E-state index is 11.1. The second-order valence-corrected chi connectivity index (χ2v) is 9.06. The summed E-state index contributed by atoms with van der Waals surface area (Å²) in [7, 11) is 1.89. The molecule has 0 bridgehead atoms. The summed E-state index contributed by atoms with van der Waals surface area (Å²) in [5.74, 6) is 2.22. The maximum absolute atomic E-state index is 11.1. The van der Waals surface area contributed by atoms with Gasteiger partial charge in [-0.25, -0.2) is 14.8 Å². The molecule has 12 heteroatoms. The Hall–Kier alpha value is -4.03. The number of anilines is 1. The molecule has 1 amide bonds. The number of hydrogen-bond donors (Lipinski definition) is 2. The van der Waals surface area contributed by atoms with Crippen LogP contribution in [0.5, 0.6) is 0 Å². The highest BCUT2D eigenvalue weighted by Gasteiger charge is 2.27. The van der Waals surface area contributed by atoms with Crippen LogP contribution in [-0.4, -0.2) is 89.7 Å². The summed E-state index contributed by atoms with van der Waals surface area (Å²) in [4.78, 5) is 34.0. The van der Waals surface area contributed by atoms with Crippen LogP contribution in [0.4, 0.5) is 10.6 Å². The molecule has 0 aliphatic carbocycles. The van der Waals surface area contributed by atoms with Crippen LogP contribution in [0.2, 0.25) is 0 Å². The van der Waals surface area contributed by atoms with E-state index in [2.05, 4.69) is 9.88 Å². The van der Waals surface area contributed by atoms with E-state index in [1.807, 2.05) is 42.0 Å². The van der Waals surface area contributed by atoms with Gasteiger partial charge in [0.05, 0.1) is 24.2 Å². The van der Waals surface area contributed by atoms with E-state index in [9.17, 15) is 9.90 Å². The second kappa shape index (κ2) is 8.57. The van der Waals surface area contributed by atoms with Gasteiger partial charge in [-0.3, -0.25) is 4.57 Å². The van der Waals surface area contributed by atoms with E-state index in [-0.39, 0.29) is 0 Å². The lowest BCUT2D eigenvalue weighted by Crippen LogP contribution is -2.43. The van der Waals surface area contributed by atoms with Gasteiger partial charge in [-0.1, -0.05) is 12.1 Å². The fourth-order valence-corrected chi connectivity index (χ4v) is 4.67. The summed E-state index contributed by atoms with van der Waals surface area (Å²) in [6.45, 7) is 4.91. The Kier molecular flexibility index (Phi) is 5.34. The summed E-state index contributed by atoms with van der Waals surface area (Å²) >= 11 is 0. The van der Waals surface area contributed by atoms with Gasteiger partial charge in [0.25, 0.3) is 0 Å². The molecule has 4 aromatic rings. The minimum atomic E-state index is -0.927. The van der Waals surface area contributed by atoms with Crippen molar-refractivity contribution >= 4 is 40.2 Å². The SMILES string of the molecule is C[C@@H](O)c1nc2ccccc2n1-c1nc(N2CCOCC2)c2nc(C=C3CN(C(=O)O)C3)n(C)c2n1. The van der Waals surface area contributed by atoms with Crippen molar-refractivity contribution in [1.29, 1.82) is 0 Å². The number of ether oxygens (including phenoxy) is 1. The lowest BCUT2D eigenvalue weighted by molar-refractivity contribution is 0.122. The standard InChI is InChI=1S/C24H26N8O4/c1-14(33)20-25-16-5-3-4-6-17(16)32(20)23-27-21-19(22(28-23)30-7-9-36-10-8-30)26-18(29(21)2)11-15-12-31(13-15)24(34)35/h3-6,11,14,33H,7-10,12-13H2,1-2H3,(H,34,35)/t14-/m1/s1. The van der Waals surface area contributed by atoms with Gasteiger partial charge >= 0.3 is 6.09 Å². The van der Waals surface area contributed by atoms with E-state index >= 15 is 0 Å². The number of benzene rings is 1. The number of carboxylic acid groups (broad SMARTS) is 1. The summed E-state index contributed by atoms with van der Waals surface area (Å²) in [6.07, 6.45) is 0.160. The number of para-hydroxylation sites is 2. The predicted molar refractivity (Wildman–Crippen MR) is 132 cm³/mol. The van der Waals surface area contributed by atoms with Gasteiger partial charge in [-0.15, -0.1) is 0 Å². The minimum Gasteiger partial charge on any atom is -0.465 e. The molecule has 2 saturated heterocycles. The minimum absolute atomic E-state index is 0.366. The molecular formula is C24H26N8O4. The average Bonchev–Trinajstić information content (AvgIpc) is 3.39. The number of carbonyl (C=O) groups is 1. The summed E-state index contributed by atoms with van der Waals surface area (Å²) in [5.41, 5.74) is 3.82. The molecule has 36 heavy (non-hydrogen) atoms. The highest BCUT2D eigenvalue weighted by molar-refractivity contribution is 5.87. The number of aromatic nitrogens is 6. The lowest BCUT2D eigenvalue weighted by atomic mass is 10.1. The first-order valence-corrected chi connectivity index (χ1v) is 11.8. The Morgan fingerprint density at radius 2 is 1.86 bits per heavy atom. The van der Waals surface area contributed by atoms with Crippen LogP contribution in [0.3, 0.4) is 0 Å². The van der Waals surface area contributed by atoms with Crippen molar-refractivity contribution in [2.75, 3.05) is 44.3 Å². The van der Waals surface area contributed by atoms with Crippen molar-refractivity contribution in [3.63, 3.8) is 0 Å². The molecule has 0 spiro atoms. The van der Waals surface area contributed by atoms with Crippen molar-refractivity contribution in [2.24, 2.45) is 7.05 Å². The van der Waals surface area contributed by atoms with Gasteiger partial charge in [0, 0.05) is 33.2 Å². The second-order valence-electron chi connectivity index (χ2n) is 9.06. The zero-order valence-corrected chi connectivity index (χ0v) is 20.0. The number of aryl methyl sites for hydroxylation is 1. The number of nitrogens with zero attached hydrogens (tertiary/aromatic N) is 8. The van der Waals surface area contributed by atoms with Crippen LogP contribution >= 0.6 is 0 Å². The fourth-order valence-electron chi connectivity index (χ4n) is 4.67. The van der Waals surface area contributed by atoms with Crippen molar-refractivity contribution < 1.29 is 19.7 Å². The van der Waals surface area contributed by atoms with Crippen LogP contribution in [0.25, 0.3) is 34.2 Å². The number of aliphatic hydroxyl groups excluding tert-OH is 1. The van der Waals surface area contributed by atoms with E-state index in [1.54, 1.807) is 11.5 Å². The quantitative estimate of drug-likeness (QED) is 0.440. The van der Waals surface area contributed by atoms with Crippen molar-refractivity contribution in [1.82, 2.24) is 34.0 Å². The largest absolute Gasteiger partial charge is 0.465 e. The molecule has 5 heterocycles. The Morgan fingerprint density at radius 3 is 2.58 bits per heavy atom. The van der Waals surface area contributed by atoms with E-state index in [1.165, 1.54) is 4.90 Å². The Balaban J connectivity index is 1.54. The normalized spacial score (nSPS) is 17.0. The van der Waals surface area contributed by atoms with Crippen LogP contribution < -0.4 is 4.90 Å². The van der Waals surface area contributed by atoms with Gasteiger partial charge in [-0.2, -0.15) is 9.97 Å². The Bertz CT molecular complexity index is 1510. The number of imidazole rings is 2. The van der Waals surface area contributed by atoms with Gasteiger partial charge in [0.2, 0.25) is 5.95 Å². The monoisotopic (exact) mass is 490 g/mol. The Labute approximate surface area is 206 Å². The molecule has 1 atom stereocenters. The van der Waals surface area contributed by atoms with Gasteiger partial charge in [-0.05, 0) is 30.7 Å². The first-order valence-electron chi connectivity index (χ1n) is 11.8. The van der Waals surface area contributed by atoms with Gasteiger partial charge < -0.3 is 29.3 Å². The van der Waals surface area contributed by atoms with E-state index < -0.39 is 12.2 Å². The highest BCUT2D eigenvalue weighted by Crippen LogP contribution is 2.30. The number of morpholine rings is 1. The molecule has 2 aliphatic heterocycles. The zero-order valence-electron chi connectivity index (χ0n) is 20.0. The molecule has 0 saturated carbocycles. The molecule has 6 rings (SSSR count). The third-order valence-electron chi connectivity index (χ3n) is 6.59. The molecule has 186 valence electrons. The van der Waals surface area contributed by atoms with Crippen LogP contribution in [-0.2, 0) is 11.8 Å². The molecule has 2 aliphatic rings. The predicted octanol–water partition coefficient (Wildman–Crippen LogP) is 1.97. The van der Waals surface area contributed by atoms with Crippen LogP contribution in [0.15, 0.2) is 29.8 Å². The van der Waals surface area contributed by atoms with E-state index in [0.717, 1.165) is 16.6 Å². The zero-order chi connectivity index (χ0) is 25.0. The van der Waals surface area contributed by atoms with Crippen molar-refractivity contribution in [2.45, 2.75) is 13.0 Å². The summed E-state index contributed by atoms with van der Waals surface area (Å²) in [5, 5.41) is 19.7. The van der Waals surface area contributed by atoms with Gasteiger partial charge in [0.1, 0.15) is 17.8 Å². The lowest BCUT2D eigenvalue weighted by Gasteiger charge is -2.31. The number of hydrogen-bond acceptors (Lipinski definition) is 8. The number of likely N-dealkylation sites (tertiary alicyclic amines) is 1. The third-order valence-corrected chi connectivity index (χ3v) is 6.59. The smallest absolute Gasteiger partial charge is 0.407 e. The molecule has 0 radical (unpaired) electrons.